The second-order valence-corrected chi connectivity index (χ2v) is 3.88. The second-order valence-electron chi connectivity index (χ2n) is 3.88. The van der Waals surface area contributed by atoms with Crippen molar-refractivity contribution in [3.8, 4) is 0 Å². The molecule has 0 aliphatic heterocycles. The van der Waals surface area contributed by atoms with Crippen molar-refractivity contribution in [1.82, 2.24) is 4.98 Å². The van der Waals surface area contributed by atoms with Crippen LogP contribution in [0, 0.1) is 12.7 Å². The molecule has 1 amide bonds. The number of nitrogens with one attached hydrogen (secondary N) is 1. The zero-order chi connectivity index (χ0) is 13.1. The molecule has 0 atom stereocenters. The first kappa shape index (κ1) is 12.0. The molecule has 0 aliphatic carbocycles. The summed E-state index contributed by atoms with van der Waals surface area (Å²) in [5.74, 6) is -1.02. The van der Waals surface area contributed by atoms with Gasteiger partial charge in [0.15, 0.2) is 5.69 Å². The molecule has 0 radical (unpaired) electrons. The molecular weight excluding hydrogens is 233 g/mol. The Labute approximate surface area is 104 Å². The van der Waals surface area contributed by atoms with Crippen molar-refractivity contribution in [3.63, 3.8) is 0 Å². The molecule has 1 aromatic carbocycles. The van der Waals surface area contributed by atoms with Gasteiger partial charge < -0.3 is 11.1 Å². The molecule has 0 bridgehead atoms. The van der Waals surface area contributed by atoms with E-state index in [1.807, 2.05) is 0 Å². The number of amides is 1. The molecule has 1 heterocycles. The van der Waals surface area contributed by atoms with Gasteiger partial charge in [0.25, 0.3) is 5.91 Å². The minimum atomic E-state index is -0.532. The zero-order valence-corrected chi connectivity index (χ0v) is 9.77. The lowest BCUT2D eigenvalue weighted by molar-refractivity contribution is 0.102. The molecule has 18 heavy (non-hydrogen) atoms. The monoisotopic (exact) mass is 245 g/mol. The van der Waals surface area contributed by atoms with E-state index in [4.69, 9.17) is 5.73 Å². The molecule has 5 heteroatoms. The summed E-state index contributed by atoms with van der Waals surface area (Å²) in [6.07, 6.45) is 1.46. The van der Waals surface area contributed by atoms with Crippen LogP contribution in [0.2, 0.25) is 0 Å². The van der Waals surface area contributed by atoms with Gasteiger partial charge >= 0.3 is 0 Å². The normalized spacial score (nSPS) is 10.1. The van der Waals surface area contributed by atoms with Crippen LogP contribution in [0.4, 0.5) is 15.8 Å². The lowest BCUT2D eigenvalue weighted by Crippen LogP contribution is -2.16. The van der Waals surface area contributed by atoms with E-state index in [9.17, 15) is 9.18 Å². The Morgan fingerprint density at radius 2 is 2.17 bits per heavy atom. The van der Waals surface area contributed by atoms with Gasteiger partial charge in [0.2, 0.25) is 0 Å². The topological polar surface area (TPSA) is 68.0 Å². The van der Waals surface area contributed by atoms with Crippen molar-refractivity contribution in [2.45, 2.75) is 6.92 Å². The Bertz CT molecular complexity index is 599. The molecule has 0 saturated carbocycles. The van der Waals surface area contributed by atoms with Crippen LogP contribution in [0.25, 0.3) is 0 Å². The average molecular weight is 245 g/mol. The van der Waals surface area contributed by atoms with Crippen LogP contribution in [0.3, 0.4) is 0 Å². The fourth-order valence-electron chi connectivity index (χ4n) is 1.51. The summed E-state index contributed by atoms with van der Waals surface area (Å²) in [6.45, 7) is 1.77. The van der Waals surface area contributed by atoms with Gasteiger partial charge in [-0.2, -0.15) is 0 Å². The van der Waals surface area contributed by atoms with E-state index >= 15 is 0 Å². The van der Waals surface area contributed by atoms with E-state index in [0.717, 1.165) is 5.56 Å². The highest BCUT2D eigenvalue weighted by atomic mass is 19.1. The van der Waals surface area contributed by atoms with Gasteiger partial charge in [0.1, 0.15) is 5.82 Å². The Balaban J connectivity index is 2.24. The molecule has 1 aromatic heterocycles. The van der Waals surface area contributed by atoms with Gasteiger partial charge in [0.05, 0.1) is 11.4 Å². The predicted molar refractivity (Wildman–Crippen MR) is 67.7 cm³/mol. The summed E-state index contributed by atoms with van der Waals surface area (Å²) in [4.78, 5) is 15.7. The Morgan fingerprint density at radius 3 is 2.83 bits per heavy atom. The highest BCUT2D eigenvalue weighted by Gasteiger charge is 2.12. The highest BCUT2D eigenvalue weighted by Crippen LogP contribution is 2.17. The van der Waals surface area contributed by atoms with Gasteiger partial charge in [-0.3, -0.25) is 4.79 Å². The Kier molecular flexibility index (Phi) is 3.23. The molecule has 92 valence electrons. The van der Waals surface area contributed by atoms with Gasteiger partial charge in [0, 0.05) is 6.20 Å². The van der Waals surface area contributed by atoms with Crippen LogP contribution in [0.15, 0.2) is 36.5 Å². The fourth-order valence-corrected chi connectivity index (χ4v) is 1.51. The third kappa shape index (κ3) is 2.45. The number of pyridine rings is 1. The molecule has 3 N–H and O–H groups in total. The SMILES string of the molecule is Cc1ccc(NC(=O)c2ncccc2N)c(F)c1. The number of hydrogen-bond acceptors (Lipinski definition) is 3. The molecule has 2 rings (SSSR count). The number of hydrogen-bond donors (Lipinski definition) is 2. The minimum Gasteiger partial charge on any atom is -0.397 e. The zero-order valence-electron chi connectivity index (χ0n) is 9.77. The van der Waals surface area contributed by atoms with Gasteiger partial charge in [-0.05, 0) is 36.8 Å². The van der Waals surface area contributed by atoms with Crippen molar-refractivity contribution in [2.24, 2.45) is 0 Å². The highest BCUT2D eigenvalue weighted by molar-refractivity contribution is 6.06. The average Bonchev–Trinajstić information content (AvgIpc) is 2.33. The maximum atomic E-state index is 13.6. The molecule has 0 spiro atoms. The first-order valence-electron chi connectivity index (χ1n) is 5.36. The molecular formula is C13H12FN3O. The van der Waals surface area contributed by atoms with Crippen molar-refractivity contribution >= 4 is 17.3 Å². The third-order valence-electron chi connectivity index (χ3n) is 2.43. The van der Waals surface area contributed by atoms with Crippen molar-refractivity contribution in [3.05, 3.63) is 53.6 Å². The maximum Gasteiger partial charge on any atom is 0.276 e. The maximum absolute atomic E-state index is 13.6. The summed E-state index contributed by atoms with van der Waals surface area (Å²) in [6, 6.07) is 7.74. The van der Waals surface area contributed by atoms with Gasteiger partial charge in [-0.1, -0.05) is 6.07 Å². The number of carbonyl (C=O) groups excluding carboxylic acids is 1. The van der Waals surface area contributed by atoms with Crippen LogP contribution in [0.5, 0.6) is 0 Å². The number of aryl methyl sites for hydroxylation is 1. The van der Waals surface area contributed by atoms with Crippen molar-refractivity contribution in [1.29, 1.82) is 0 Å². The smallest absolute Gasteiger partial charge is 0.276 e. The van der Waals surface area contributed by atoms with Crippen LogP contribution < -0.4 is 11.1 Å². The summed E-state index contributed by atoms with van der Waals surface area (Å²) < 4.78 is 13.6. The molecule has 4 nitrogen and oxygen atoms in total. The molecule has 0 unspecified atom stereocenters. The predicted octanol–water partition coefficient (Wildman–Crippen LogP) is 2.36. The number of nitrogen functional groups attached to an aromatic ring is 1. The fraction of sp³-hybridized carbons (Fsp3) is 0.0769. The Morgan fingerprint density at radius 1 is 1.39 bits per heavy atom. The molecule has 0 fully saturated rings. The van der Waals surface area contributed by atoms with E-state index in [2.05, 4.69) is 10.3 Å². The van der Waals surface area contributed by atoms with Crippen LogP contribution in [-0.4, -0.2) is 10.9 Å². The number of halogens is 1. The third-order valence-corrected chi connectivity index (χ3v) is 2.43. The van der Waals surface area contributed by atoms with Crippen molar-refractivity contribution in [2.75, 3.05) is 11.1 Å². The van der Waals surface area contributed by atoms with E-state index in [1.54, 1.807) is 25.1 Å². The number of benzene rings is 1. The van der Waals surface area contributed by atoms with Crippen LogP contribution in [0.1, 0.15) is 16.1 Å². The number of aromatic nitrogens is 1. The number of carbonyl (C=O) groups is 1. The molecule has 0 aliphatic rings. The number of nitrogens with two attached hydrogens (primary N) is 1. The molecule has 2 aromatic rings. The largest absolute Gasteiger partial charge is 0.397 e. The summed E-state index contributed by atoms with van der Waals surface area (Å²) in [5.41, 5.74) is 6.84. The minimum absolute atomic E-state index is 0.0810. The summed E-state index contributed by atoms with van der Waals surface area (Å²) in [7, 11) is 0. The lowest BCUT2D eigenvalue weighted by Gasteiger charge is -2.07. The second kappa shape index (κ2) is 4.83. The van der Waals surface area contributed by atoms with Crippen LogP contribution in [-0.2, 0) is 0 Å². The quantitative estimate of drug-likeness (QED) is 0.853. The Hall–Kier alpha value is -2.43. The van der Waals surface area contributed by atoms with E-state index in [1.165, 1.54) is 18.3 Å². The van der Waals surface area contributed by atoms with Gasteiger partial charge in [-0.15, -0.1) is 0 Å². The number of nitrogens with zero attached hydrogens (tertiary/aromatic N) is 1. The van der Waals surface area contributed by atoms with Gasteiger partial charge in [-0.25, -0.2) is 9.37 Å². The molecule has 0 saturated heterocycles. The summed E-state index contributed by atoms with van der Waals surface area (Å²) >= 11 is 0. The first-order chi connectivity index (χ1) is 8.58. The lowest BCUT2D eigenvalue weighted by atomic mass is 10.2. The van der Waals surface area contributed by atoms with E-state index in [-0.39, 0.29) is 17.1 Å². The van der Waals surface area contributed by atoms with E-state index < -0.39 is 11.7 Å². The first-order valence-corrected chi connectivity index (χ1v) is 5.36. The standard InChI is InChI=1S/C13H12FN3O/c1-8-4-5-11(9(14)7-8)17-13(18)12-10(15)3-2-6-16-12/h2-7H,15H2,1H3,(H,17,18). The van der Waals surface area contributed by atoms with E-state index in [0.29, 0.717) is 0 Å². The number of rotatable bonds is 2. The van der Waals surface area contributed by atoms with Crippen molar-refractivity contribution < 1.29 is 9.18 Å². The summed E-state index contributed by atoms with van der Waals surface area (Å²) in [5, 5.41) is 2.44. The van der Waals surface area contributed by atoms with Crippen LogP contribution >= 0.6 is 0 Å². The number of anilines is 2.